The van der Waals surface area contributed by atoms with Gasteiger partial charge in [-0.25, -0.2) is 0 Å². The second-order valence-corrected chi connectivity index (χ2v) is 7.91. The number of benzene rings is 4. The van der Waals surface area contributed by atoms with E-state index in [-0.39, 0.29) is 11.2 Å². The lowest BCUT2D eigenvalue weighted by atomic mass is 9.78. The maximum absolute atomic E-state index is 9.59. The summed E-state index contributed by atoms with van der Waals surface area (Å²) in [6.45, 7) is 4.37. The zero-order valence-electron chi connectivity index (χ0n) is 17.6. The zero-order chi connectivity index (χ0) is 21.8. The van der Waals surface area contributed by atoms with Crippen LogP contribution in [0.5, 0.6) is 28.7 Å². The molecule has 0 saturated heterocycles. The van der Waals surface area contributed by atoms with Crippen LogP contribution < -0.4 is 15.2 Å². The SMILES string of the molecule is CC(C)(c1ccc(Oc2cccc(O)c2)cc1)c1ccc(Oc2ccccc2N)cc1. The van der Waals surface area contributed by atoms with Crippen LogP contribution in [-0.4, -0.2) is 5.11 Å². The monoisotopic (exact) mass is 411 g/mol. The summed E-state index contributed by atoms with van der Waals surface area (Å²) in [6.07, 6.45) is 0. The fourth-order valence-electron chi connectivity index (χ4n) is 3.43. The van der Waals surface area contributed by atoms with E-state index in [1.54, 1.807) is 18.2 Å². The van der Waals surface area contributed by atoms with E-state index in [9.17, 15) is 5.11 Å². The molecule has 0 bridgehead atoms. The topological polar surface area (TPSA) is 64.7 Å². The van der Waals surface area contributed by atoms with Crippen molar-refractivity contribution in [2.45, 2.75) is 19.3 Å². The van der Waals surface area contributed by atoms with Gasteiger partial charge in [0.2, 0.25) is 0 Å². The number of rotatable bonds is 6. The number of hydrogen-bond acceptors (Lipinski definition) is 4. The van der Waals surface area contributed by atoms with Crippen molar-refractivity contribution in [1.82, 2.24) is 0 Å². The first-order valence-corrected chi connectivity index (χ1v) is 10.1. The van der Waals surface area contributed by atoms with Crippen LogP contribution >= 0.6 is 0 Å². The molecule has 0 aliphatic heterocycles. The van der Waals surface area contributed by atoms with Crippen LogP contribution in [-0.2, 0) is 5.41 Å². The van der Waals surface area contributed by atoms with Crippen LogP contribution in [0.1, 0.15) is 25.0 Å². The van der Waals surface area contributed by atoms with Crippen LogP contribution in [0.4, 0.5) is 5.69 Å². The Hall–Kier alpha value is -3.92. The van der Waals surface area contributed by atoms with Crippen molar-refractivity contribution < 1.29 is 14.6 Å². The lowest BCUT2D eigenvalue weighted by Crippen LogP contribution is -2.18. The van der Waals surface area contributed by atoms with E-state index < -0.39 is 0 Å². The Labute approximate surface area is 182 Å². The summed E-state index contributed by atoms with van der Waals surface area (Å²) >= 11 is 0. The van der Waals surface area contributed by atoms with Gasteiger partial charge in [-0.15, -0.1) is 0 Å². The highest BCUT2D eigenvalue weighted by atomic mass is 16.5. The Balaban J connectivity index is 1.49. The minimum Gasteiger partial charge on any atom is -0.508 e. The van der Waals surface area contributed by atoms with Crippen molar-refractivity contribution in [3.63, 3.8) is 0 Å². The highest BCUT2D eigenvalue weighted by Gasteiger charge is 2.23. The molecule has 31 heavy (non-hydrogen) atoms. The van der Waals surface area contributed by atoms with Gasteiger partial charge < -0.3 is 20.3 Å². The number of para-hydroxylation sites is 2. The first-order valence-electron chi connectivity index (χ1n) is 10.1. The van der Waals surface area contributed by atoms with E-state index >= 15 is 0 Å². The van der Waals surface area contributed by atoms with Gasteiger partial charge in [0.05, 0.1) is 5.69 Å². The fourth-order valence-corrected chi connectivity index (χ4v) is 3.43. The number of phenols is 1. The Morgan fingerprint density at radius 3 is 1.81 bits per heavy atom. The molecule has 0 aromatic heterocycles. The molecular formula is C27H25NO3. The number of phenolic OH excluding ortho intramolecular Hbond substituents is 1. The predicted octanol–water partition coefficient (Wildman–Crippen LogP) is 6.88. The summed E-state index contributed by atoms with van der Waals surface area (Å²) in [5.41, 5.74) is 8.71. The summed E-state index contributed by atoms with van der Waals surface area (Å²) in [6, 6.07) is 30.3. The van der Waals surface area contributed by atoms with Gasteiger partial charge in [0.25, 0.3) is 0 Å². The van der Waals surface area contributed by atoms with E-state index in [4.69, 9.17) is 15.2 Å². The van der Waals surface area contributed by atoms with Crippen molar-refractivity contribution in [2.75, 3.05) is 5.73 Å². The highest BCUT2D eigenvalue weighted by molar-refractivity contribution is 5.54. The van der Waals surface area contributed by atoms with E-state index in [0.29, 0.717) is 22.9 Å². The van der Waals surface area contributed by atoms with Gasteiger partial charge in [-0.3, -0.25) is 0 Å². The number of ether oxygens (including phenoxy) is 2. The number of nitrogen functional groups attached to an aromatic ring is 1. The molecule has 0 atom stereocenters. The molecule has 4 heteroatoms. The van der Waals surface area contributed by atoms with Crippen LogP contribution in [0.15, 0.2) is 97.1 Å². The molecule has 0 spiro atoms. The van der Waals surface area contributed by atoms with Crippen LogP contribution in [0.25, 0.3) is 0 Å². The largest absolute Gasteiger partial charge is 0.508 e. The van der Waals surface area contributed by atoms with Crippen molar-refractivity contribution in [3.8, 4) is 28.7 Å². The lowest BCUT2D eigenvalue weighted by molar-refractivity contribution is 0.455. The summed E-state index contributed by atoms with van der Waals surface area (Å²) in [5.74, 6) is 2.89. The summed E-state index contributed by atoms with van der Waals surface area (Å²) in [4.78, 5) is 0. The Morgan fingerprint density at radius 2 is 1.23 bits per heavy atom. The molecule has 0 amide bonds. The Bertz CT molecular complexity index is 1170. The van der Waals surface area contributed by atoms with Crippen LogP contribution in [0, 0.1) is 0 Å². The number of aromatic hydroxyl groups is 1. The lowest BCUT2D eigenvalue weighted by Gasteiger charge is -2.26. The van der Waals surface area contributed by atoms with Gasteiger partial charge in [-0.1, -0.05) is 56.3 Å². The third-order valence-corrected chi connectivity index (χ3v) is 5.35. The third-order valence-electron chi connectivity index (χ3n) is 5.35. The smallest absolute Gasteiger partial charge is 0.150 e. The Kier molecular flexibility index (Phi) is 5.54. The third kappa shape index (κ3) is 4.64. The summed E-state index contributed by atoms with van der Waals surface area (Å²) < 4.78 is 11.7. The van der Waals surface area contributed by atoms with Gasteiger partial charge in [0.15, 0.2) is 0 Å². The molecule has 0 fully saturated rings. The van der Waals surface area contributed by atoms with Gasteiger partial charge in [-0.2, -0.15) is 0 Å². The minimum atomic E-state index is -0.201. The maximum atomic E-state index is 9.59. The molecule has 0 heterocycles. The second kappa shape index (κ2) is 8.44. The van der Waals surface area contributed by atoms with E-state index in [0.717, 1.165) is 11.3 Å². The maximum Gasteiger partial charge on any atom is 0.150 e. The number of nitrogens with two attached hydrogens (primary N) is 1. The Morgan fingerprint density at radius 1 is 0.645 bits per heavy atom. The van der Waals surface area contributed by atoms with Crippen molar-refractivity contribution in [3.05, 3.63) is 108 Å². The average molecular weight is 412 g/mol. The quantitative estimate of drug-likeness (QED) is 0.339. The molecule has 0 unspecified atom stereocenters. The first-order chi connectivity index (χ1) is 14.9. The predicted molar refractivity (Wildman–Crippen MR) is 124 cm³/mol. The zero-order valence-corrected chi connectivity index (χ0v) is 17.6. The standard InChI is InChI=1S/C27H25NO3/c1-27(2,19-10-14-22(15-11-19)30-24-7-5-6-21(29)18-24)20-12-16-23(17-13-20)31-26-9-4-3-8-25(26)28/h3-18,29H,28H2,1-2H3. The molecule has 0 aliphatic rings. The molecule has 4 rings (SSSR count). The average Bonchev–Trinajstić information content (AvgIpc) is 2.76. The molecular weight excluding hydrogens is 386 g/mol. The molecule has 4 aromatic carbocycles. The number of hydrogen-bond donors (Lipinski definition) is 2. The molecule has 4 nitrogen and oxygen atoms in total. The normalized spacial score (nSPS) is 11.2. The van der Waals surface area contributed by atoms with Crippen molar-refractivity contribution in [1.29, 1.82) is 0 Å². The molecule has 3 N–H and O–H groups in total. The summed E-state index contributed by atoms with van der Waals surface area (Å²) in [7, 11) is 0. The van der Waals surface area contributed by atoms with Crippen LogP contribution in [0.2, 0.25) is 0 Å². The minimum absolute atomic E-state index is 0.178. The van der Waals surface area contributed by atoms with Crippen molar-refractivity contribution >= 4 is 5.69 Å². The van der Waals surface area contributed by atoms with Crippen molar-refractivity contribution in [2.24, 2.45) is 0 Å². The van der Waals surface area contributed by atoms with Crippen LogP contribution in [0.3, 0.4) is 0 Å². The van der Waals surface area contributed by atoms with Gasteiger partial charge >= 0.3 is 0 Å². The fraction of sp³-hybridized carbons (Fsp3) is 0.111. The molecule has 156 valence electrons. The highest BCUT2D eigenvalue weighted by Crippen LogP contribution is 2.35. The van der Waals surface area contributed by atoms with E-state index in [1.165, 1.54) is 5.56 Å². The first kappa shape index (κ1) is 20.4. The van der Waals surface area contributed by atoms with Gasteiger partial charge in [-0.05, 0) is 59.7 Å². The van der Waals surface area contributed by atoms with E-state index in [2.05, 4.69) is 38.1 Å². The summed E-state index contributed by atoms with van der Waals surface area (Å²) in [5, 5.41) is 9.59. The molecule has 0 radical (unpaired) electrons. The number of anilines is 1. The van der Waals surface area contributed by atoms with Gasteiger partial charge in [0, 0.05) is 11.5 Å². The van der Waals surface area contributed by atoms with Gasteiger partial charge in [0.1, 0.15) is 28.7 Å². The molecule has 0 aliphatic carbocycles. The molecule has 0 saturated carbocycles. The van der Waals surface area contributed by atoms with E-state index in [1.807, 2.05) is 54.6 Å². The second-order valence-electron chi connectivity index (χ2n) is 7.91. The molecule has 4 aromatic rings.